The molecule has 0 saturated heterocycles. The minimum atomic E-state index is -0.859. The summed E-state index contributed by atoms with van der Waals surface area (Å²) in [4.78, 5) is 11.0. The lowest BCUT2D eigenvalue weighted by molar-refractivity contribution is -0.133. The Labute approximate surface area is 103 Å². The molecule has 0 aromatic carbocycles. The summed E-state index contributed by atoms with van der Waals surface area (Å²) in [5, 5.41) is 9.04. The Balaban J connectivity index is 2.73. The molecule has 0 heterocycles. The molecule has 0 amide bonds. The van der Waals surface area contributed by atoms with Gasteiger partial charge < -0.3 is 15.6 Å². The average molecular weight is 241 g/mol. The SMILES string of the molecule is CCC(CC)O[C@@H]1CC(C(=O)O)=C[C@H](C)[C@H]1N. The molecule has 0 saturated carbocycles. The predicted molar refractivity (Wildman–Crippen MR) is 66.7 cm³/mol. The smallest absolute Gasteiger partial charge is 0.331 e. The molecular weight excluding hydrogens is 218 g/mol. The van der Waals surface area contributed by atoms with E-state index in [1.807, 2.05) is 6.92 Å². The van der Waals surface area contributed by atoms with Crippen LogP contribution in [0, 0.1) is 5.92 Å². The van der Waals surface area contributed by atoms with E-state index in [1.54, 1.807) is 6.08 Å². The van der Waals surface area contributed by atoms with E-state index in [2.05, 4.69) is 13.8 Å². The second-order valence-corrected chi connectivity index (χ2v) is 4.75. The van der Waals surface area contributed by atoms with Gasteiger partial charge in [-0.1, -0.05) is 26.8 Å². The molecule has 0 aromatic heterocycles. The molecule has 1 aliphatic carbocycles. The summed E-state index contributed by atoms with van der Waals surface area (Å²) in [6, 6.07) is -0.112. The highest BCUT2D eigenvalue weighted by molar-refractivity contribution is 5.86. The summed E-state index contributed by atoms with van der Waals surface area (Å²) in [6.07, 6.45) is 4.02. The fourth-order valence-corrected chi connectivity index (χ4v) is 2.21. The molecule has 0 bridgehead atoms. The first-order valence-corrected chi connectivity index (χ1v) is 6.34. The number of ether oxygens (including phenoxy) is 1. The molecule has 3 atom stereocenters. The van der Waals surface area contributed by atoms with Gasteiger partial charge in [0.1, 0.15) is 0 Å². The Morgan fingerprint density at radius 2 is 2.18 bits per heavy atom. The van der Waals surface area contributed by atoms with Gasteiger partial charge in [0.05, 0.1) is 12.2 Å². The predicted octanol–water partition coefficient (Wildman–Crippen LogP) is 1.94. The molecule has 1 aliphatic rings. The van der Waals surface area contributed by atoms with Crippen molar-refractivity contribution in [3.8, 4) is 0 Å². The van der Waals surface area contributed by atoms with Crippen LogP contribution in [-0.4, -0.2) is 29.3 Å². The maximum Gasteiger partial charge on any atom is 0.331 e. The van der Waals surface area contributed by atoms with Crippen molar-refractivity contribution in [1.29, 1.82) is 0 Å². The summed E-state index contributed by atoms with van der Waals surface area (Å²) >= 11 is 0. The summed E-state index contributed by atoms with van der Waals surface area (Å²) in [5.74, 6) is -0.809. The van der Waals surface area contributed by atoms with Crippen LogP contribution >= 0.6 is 0 Å². The van der Waals surface area contributed by atoms with Gasteiger partial charge in [-0.2, -0.15) is 0 Å². The average Bonchev–Trinajstić information content (AvgIpc) is 2.30. The molecule has 4 heteroatoms. The lowest BCUT2D eigenvalue weighted by Crippen LogP contribution is -2.46. The van der Waals surface area contributed by atoms with E-state index in [0.717, 1.165) is 12.8 Å². The van der Waals surface area contributed by atoms with E-state index in [1.165, 1.54) is 0 Å². The van der Waals surface area contributed by atoms with Gasteiger partial charge in [-0.05, 0) is 18.8 Å². The molecule has 0 radical (unpaired) electrons. The molecule has 98 valence electrons. The van der Waals surface area contributed by atoms with Crippen molar-refractivity contribution in [2.45, 2.75) is 58.3 Å². The van der Waals surface area contributed by atoms with E-state index < -0.39 is 5.97 Å². The molecule has 4 nitrogen and oxygen atoms in total. The number of nitrogens with two attached hydrogens (primary N) is 1. The molecular formula is C13H23NO3. The molecule has 0 aromatic rings. The third-order valence-electron chi connectivity index (χ3n) is 3.47. The second-order valence-electron chi connectivity index (χ2n) is 4.75. The summed E-state index contributed by atoms with van der Waals surface area (Å²) in [5.41, 5.74) is 6.51. The number of carbonyl (C=O) groups is 1. The van der Waals surface area contributed by atoms with Gasteiger partial charge in [0.2, 0.25) is 0 Å². The molecule has 0 unspecified atom stereocenters. The third kappa shape index (κ3) is 3.54. The monoisotopic (exact) mass is 241 g/mol. The van der Waals surface area contributed by atoms with Gasteiger partial charge >= 0.3 is 5.97 Å². The van der Waals surface area contributed by atoms with Gasteiger partial charge in [-0.25, -0.2) is 4.79 Å². The second kappa shape index (κ2) is 6.17. The first-order valence-electron chi connectivity index (χ1n) is 6.34. The quantitative estimate of drug-likeness (QED) is 0.771. The Kier molecular flexibility index (Phi) is 5.15. The fraction of sp³-hybridized carbons (Fsp3) is 0.769. The Morgan fingerprint density at radius 3 is 2.65 bits per heavy atom. The summed E-state index contributed by atoms with van der Waals surface area (Å²) in [7, 11) is 0. The van der Waals surface area contributed by atoms with Crippen LogP contribution in [0.25, 0.3) is 0 Å². The van der Waals surface area contributed by atoms with Crippen LogP contribution in [-0.2, 0) is 9.53 Å². The van der Waals surface area contributed by atoms with Crippen LogP contribution in [0.2, 0.25) is 0 Å². The number of carboxylic acid groups (broad SMARTS) is 1. The van der Waals surface area contributed by atoms with Crippen LogP contribution in [0.3, 0.4) is 0 Å². The van der Waals surface area contributed by atoms with E-state index in [9.17, 15) is 4.79 Å². The van der Waals surface area contributed by atoms with Crippen LogP contribution < -0.4 is 5.73 Å². The largest absolute Gasteiger partial charge is 0.478 e. The molecule has 0 spiro atoms. The topological polar surface area (TPSA) is 72.5 Å². The Bertz CT molecular complexity index is 297. The van der Waals surface area contributed by atoms with Gasteiger partial charge in [0.25, 0.3) is 0 Å². The van der Waals surface area contributed by atoms with Gasteiger partial charge in [-0.15, -0.1) is 0 Å². The molecule has 0 fully saturated rings. The van der Waals surface area contributed by atoms with Crippen molar-refractivity contribution in [2.75, 3.05) is 0 Å². The van der Waals surface area contributed by atoms with Crippen LogP contribution in [0.1, 0.15) is 40.0 Å². The Hall–Kier alpha value is -0.870. The maximum atomic E-state index is 11.0. The summed E-state index contributed by atoms with van der Waals surface area (Å²) in [6.45, 7) is 6.08. The van der Waals surface area contributed by atoms with E-state index in [-0.39, 0.29) is 24.2 Å². The standard InChI is InChI=1S/C13H23NO3/c1-4-10(5-2)17-11-7-9(13(15)16)6-8(3)12(11)14/h6,8,10-12H,4-5,7,14H2,1-3H3,(H,15,16)/t8-,11+,12+/m0/s1. The molecule has 1 rings (SSSR count). The fourth-order valence-electron chi connectivity index (χ4n) is 2.21. The number of rotatable bonds is 5. The number of hydrogen-bond acceptors (Lipinski definition) is 3. The van der Waals surface area contributed by atoms with E-state index >= 15 is 0 Å². The lowest BCUT2D eigenvalue weighted by atomic mass is 9.85. The maximum absolute atomic E-state index is 11.0. The zero-order valence-electron chi connectivity index (χ0n) is 10.8. The van der Waals surface area contributed by atoms with Gasteiger partial charge in [0, 0.05) is 18.0 Å². The first-order chi connectivity index (χ1) is 7.99. The number of carboxylic acids is 1. The summed E-state index contributed by atoms with van der Waals surface area (Å²) < 4.78 is 5.92. The van der Waals surface area contributed by atoms with E-state index in [0.29, 0.717) is 12.0 Å². The van der Waals surface area contributed by atoms with Crippen molar-refractivity contribution >= 4 is 5.97 Å². The molecule has 0 aliphatic heterocycles. The van der Waals surface area contributed by atoms with Crippen LogP contribution in [0.15, 0.2) is 11.6 Å². The van der Waals surface area contributed by atoms with Crippen molar-refractivity contribution in [2.24, 2.45) is 11.7 Å². The lowest BCUT2D eigenvalue weighted by Gasteiger charge is -2.34. The highest BCUT2D eigenvalue weighted by atomic mass is 16.5. The van der Waals surface area contributed by atoms with E-state index in [4.69, 9.17) is 15.6 Å². The highest BCUT2D eigenvalue weighted by Crippen LogP contribution is 2.26. The van der Waals surface area contributed by atoms with Crippen molar-refractivity contribution in [1.82, 2.24) is 0 Å². The number of hydrogen-bond donors (Lipinski definition) is 2. The minimum Gasteiger partial charge on any atom is -0.478 e. The van der Waals surface area contributed by atoms with Crippen LogP contribution in [0.4, 0.5) is 0 Å². The van der Waals surface area contributed by atoms with Gasteiger partial charge in [0.15, 0.2) is 0 Å². The third-order valence-corrected chi connectivity index (χ3v) is 3.47. The normalized spacial score (nSPS) is 29.2. The van der Waals surface area contributed by atoms with Gasteiger partial charge in [-0.3, -0.25) is 0 Å². The highest BCUT2D eigenvalue weighted by Gasteiger charge is 2.32. The van der Waals surface area contributed by atoms with Crippen molar-refractivity contribution in [3.05, 3.63) is 11.6 Å². The van der Waals surface area contributed by atoms with Crippen LogP contribution in [0.5, 0.6) is 0 Å². The Morgan fingerprint density at radius 1 is 1.59 bits per heavy atom. The minimum absolute atomic E-state index is 0.0502. The zero-order chi connectivity index (χ0) is 13.0. The van der Waals surface area contributed by atoms with Crippen molar-refractivity contribution < 1.29 is 14.6 Å². The number of aliphatic carboxylic acids is 1. The van der Waals surface area contributed by atoms with Crippen molar-refractivity contribution in [3.63, 3.8) is 0 Å². The molecule has 3 N–H and O–H groups in total. The zero-order valence-corrected chi connectivity index (χ0v) is 10.8. The first kappa shape index (κ1) is 14.2. The molecule has 17 heavy (non-hydrogen) atoms.